The van der Waals surface area contributed by atoms with Crippen molar-refractivity contribution >= 4 is 11.8 Å². The number of piperidine rings is 1. The number of β-amino-alcohol motifs (C(OH)–C–C–N with tert-alkyl or cyclic N) is 1. The van der Waals surface area contributed by atoms with Crippen LogP contribution in [-0.4, -0.2) is 63.5 Å². The van der Waals surface area contributed by atoms with Crippen LogP contribution >= 0.6 is 0 Å². The van der Waals surface area contributed by atoms with Gasteiger partial charge < -0.3 is 19.9 Å². The van der Waals surface area contributed by atoms with Crippen molar-refractivity contribution in [2.24, 2.45) is 0 Å². The lowest BCUT2D eigenvalue weighted by molar-refractivity contribution is -0.146. The summed E-state index contributed by atoms with van der Waals surface area (Å²) in [6, 6.07) is 3.51. The summed E-state index contributed by atoms with van der Waals surface area (Å²) >= 11 is 0. The molecule has 1 atom stereocenters. The highest BCUT2D eigenvalue weighted by Gasteiger charge is 2.52. The van der Waals surface area contributed by atoms with Gasteiger partial charge >= 0.3 is 0 Å². The molecule has 0 aliphatic carbocycles. The van der Waals surface area contributed by atoms with Crippen molar-refractivity contribution in [1.29, 1.82) is 5.26 Å². The molecule has 122 valence electrons. The summed E-state index contributed by atoms with van der Waals surface area (Å²) in [6.45, 7) is 1.41. The fourth-order valence-corrected chi connectivity index (χ4v) is 3.78. The molecule has 0 bridgehead atoms. The number of nitriles is 1. The summed E-state index contributed by atoms with van der Waals surface area (Å²) in [5, 5.41) is 18.0. The summed E-state index contributed by atoms with van der Waals surface area (Å²) in [7, 11) is 0. The number of hydrogen-bond acceptors (Lipinski definition) is 4. The second-order valence-corrected chi connectivity index (χ2v) is 6.13. The van der Waals surface area contributed by atoms with Gasteiger partial charge in [-0.3, -0.25) is 9.59 Å². The van der Waals surface area contributed by atoms with Crippen LogP contribution in [0.2, 0.25) is 0 Å². The number of aromatic nitrogens is 1. The second-order valence-electron chi connectivity index (χ2n) is 6.13. The predicted octanol–water partition coefficient (Wildman–Crippen LogP) is 0.476. The highest BCUT2D eigenvalue weighted by molar-refractivity contribution is 5.99. The molecule has 3 heterocycles. The maximum absolute atomic E-state index is 12.9. The Bertz CT molecular complexity index is 661. The summed E-state index contributed by atoms with van der Waals surface area (Å²) in [5.41, 5.74) is -0.0454. The Morgan fingerprint density at radius 1 is 1.39 bits per heavy atom. The normalized spacial score (nSPS) is 24.3. The number of nitrogens with zero attached hydrogens (tertiary/aromatic N) is 3. The van der Waals surface area contributed by atoms with E-state index in [1.165, 1.54) is 12.3 Å². The van der Waals surface area contributed by atoms with Crippen LogP contribution in [0.1, 0.15) is 41.7 Å². The molecule has 2 saturated heterocycles. The number of carbonyl (C=O) groups excluding carboxylic acids is 2. The standard InChI is InChI=1S/C16H20N4O3/c17-10-12-9-13(18-11-12)14(22)20-6-2-4-16(20)3-1-5-19(7-8-21)15(16)23/h9,11,18,21H,1-8H2. The Kier molecular flexibility index (Phi) is 4.09. The zero-order valence-corrected chi connectivity index (χ0v) is 12.9. The van der Waals surface area contributed by atoms with E-state index in [0.29, 0.717) is 43.7 Å². The highest BCUT2D eigenvalue weighted by atomic mass is 16.3. The smallest absolute Gasteiger partial charge is 0.271 e. The van der Waals surface area contributed by atoms with Crippen LogP contribution in [0, 0.1) is 11.3 Å². The van der Waals surface area contributed by atoms with Crippen molar-refractivity contribution < 1.29 is 14.7 Å². The van der Waals surface area contributed by atoms with Gasteiger partial charge in [-0.15, -0.1) is 0 Å². The van der Waals surface area contributed by atoms with Gasteiger partial charge in [-0.2, -0.15) is 5.26 Å². The van der Waals surface area contributed by atoms with E-state index < -0.39 is 5.54 Å². The molecule has 2 amide bonds. The fraction of sp³-hybridized carbons (Fsp3) is 0.562. The van der Waals surface area contributed by atoms with Crippen LogP contribution in [-0.2, 0) is 4.79 Å². The predicted molar refractivity (Wildman–Crippen MR) is 81.4 cm³/mol. The van der Waals surface area contributed by atoms with Gasteiger partial charge in [0.1, 0.15) is 17.3 Å². The van der Waals surface area contributed by atoms with Crippen LogP contribution in [0.4, 0.5) is 0 Å². The van der Waals surface area contributed by atoms with Crippen LogP contribution in [0.5, 0.6) is 0 Å². The van der Waals surface area contributed by atoms with Gasteiger partial charge in [0.25, 0.3) is 5.91 Å². The van der Waals surface area contributed by atoms with E-state index in [1.54, 1.807) is 9.80 Å². The van der Waals surface area contributed by atoms with Crippen molar-refractivity contribution in [2.45, 2.75) is 31.2 Å². The summed E-state index contributed by atoms with van der Waals surface area (Å²) in [6.07, 6.45) is 4.42. The number of aliphatic hydroxyl groups excluding tert-OH is 1. The molecule has 7 heteroatoms. The van der Waals surface area contributed by atoms with E-state index in [1.807, 2.05) is 6.07 Å². The largest absolute Gasteiger partial charge is 0.395 e. The zero-order chi connectivity index (χ0) is 16.4. The molecule has 0 aromatic carbocycles. The summed E-state index contributed by atoms with van der Waals surface area (Å²) in [4.78, 5) is 31.9. The number of amides is 2. The topological polar surface area (TPSA) is 100 Å². The Hall–Kier alpha value is -2.33. The fourth-order valence-electron chi connectivity index (χ4n) is 3.78. The van der Waals surface area contributed by atoms with Crippen LogP contribution in [0.3, 0.4) is 0 Å². The summed E-state index contributed by atoms with van der Waals surface area (Å²) < 4.78 is 0. The van der Waals surface area contributed by atoms with Gasteiger partial charge in [0, 0.05) is 25.8 Å². The molecule has 2 aliphatic rings. The summed E-state index contributed by atoms with van der Waals surface area (Å²) in [5.74, 6) is -0.293. The molecule has 23 heavy (non-hydrogen) atoms. The lowest BCUT2D eigenvalue weighted by atomic mass is 9.85. The first-order valence-electron chi connectivity index (χ1n) is 7.93. The minimum absolute atomic E-state index is 0.0595. The minimum atomic E-state index is -0.789. The number of aliphatic hydroxyl groups is 1. The average Bonchev–Trinajstić information content (AvgIpc) is 3.19. The Morgan fingerprint density at radius 3 is 2.78 bits per heavy atom. The lowest BCUT2D eigenvalue weighted by Gasteiger charge is -2.44. The molecule has 0 radical (unpaired) electrons. The number of likely N-dealkylation sites (tertiary alicyclic amines) is 2. The third-order valence-corrected chi connectivity index (χ3v) is 4.85. The third kappa shape index (κ3) is 2.49. The van der Waals surface area contributed by atoms with E-state index in [-0.39, 0.29) is 18.4 Å². The molecule has 1 aromatic rings. The number of carbonyl (C=O) groups is 2. The molecule has 2 N–H and O–H groups in total. The van der Waals surface area contributed by atoms with Crippen molar-refractivity contribution in [3.8, 4) is 6.07 Å². The molecule has 2 aliphatic heterocycles. The Labute approximate surface area is 134 Å². The van der Waals surface area contributed by atoms with Crippen molar-refractivity contribution in [1.82, 2.24) is 14.8 Å². The van der Waals surface area contributed by atoms with E-state index in [4.69, 9.17) is 10.4 Å². The van der Waals surface area contributed by atoms with Crippen molar-refractivity contribution in [3.05, 3.63) is 23.5 Å². The van der Waals surface area contributed by atoms with Gasteiger partial charge in [-0.25, -0.2) is 0 Å². The Morgan fingerprint density at radius 2 is 2.13 bits per heavy atom. The van der Waals surface area contributed by atoms with Gasteiger partial charge in [0.2, 0.25) is 5.91 Å². The molecule has 3 rings (SSSR count). The first-order valence-corrected chi connectivity index (χ1v) is 7.93. The second kappa shape index (κ2) is 6.05. The third-order valence-electron chi connectivity index (χ3n) is 4.85. The number of hydrogen-bond donors (Lipinski definition) is 2. The van der Waals surface area contributed by atoms with E-state index in [9.17, 15) is 9.59 Å². The average molecular weight is 316 g/mol. The number of rotatable bonds is 3. The molecule has 1 spiro atoms. The van der Waals surface area contributed by atoms with Crippen molar-refractivity contribution in [3.63, 3.8) is 0 Å². The first kappa shape index (κ1) is 15.6. The van der Waals surface area contributed by atoms with E-state index in [0.717, 1.165) is 12.8 Å². The first-order chi connectivity index (χ1) is 11.1. The lowest BCUT2D eigenvalue weighted by Crippen LogP contribution is -2.61. The molecule has 7 nitrogen and oxygen atoms in total. The minimum Gasteiger partial charge on any atom is -0.395 e. The van der Waals surface area contributed by atoms with Gasteiger partial charge in [0.05, 0.1) is 12.2 Å². The molecular weight excluding hydrogens is 296 g/mol. The Balaban J connectivity index is 1.88. The quantitative estimate of drug-likeness (QED) is 0.847. The number of nitrogens with one attached hydrogen (secondary N) is 1. The highest BCUT2D eigenvalue weighted by Crippen LogP contribution is 2.39. The van der Waals surface area contributed by atoms with Gasteiger partial charge in [-0.05, 0) is 31.7 Å². The van der Waals surface area contributed by atoms with Gasteiger partial charge in [-0.1, -0.05) is 0 Å². The number of aromatic amines is 1. The van der Waals surface area contributed by atoms with Gasteiger partial charge in [0.15, 0.2) is 0 Å². The van der Waals surface area contributed by atoms with Crippen LogP contribution < -0.4 is 0 Å². The molecule has 2 fully saturated rings. The maximum atomic E-state index is 12.9. The van der Waals surface area contributed by atoms with Crippen molar-refractivity contribution in [2.75, 3.05) is 26.2 Å². The molecule has 1 aromatic heterocycles. The zero-order valence-electron chi connectivity index (χ0n) is 12.9. The van der Waals surface area contributed by atoms with E-state index in [2.05, 4.69) is 4.98 Å². The monoisotopic (exact) mass is 316 g/mol. The SMILES string of the molecule is N#Cc1c[nH]c(C(=O)N2CCCC23CCCN(CCO)C3=O)c1. The van der Waals surface area contributed by atoms with E-state index >= 15 is 0 Å². The molecular formula is C16H20N4O3. The van der Waals surface area contributed by atoms with Crippen LogP contribution in [0.15, 0.2) is 12.3 Å². The molecule has 0 saturated carbocycles. The number of H-pyrrole nitrogens is 1. The molecule has 1 unspecified atom stereocenters. The maximum Gasteiger partial charge on any atom is 0.271 e. The van der Waals surface area contributed by atoms with Crippen LogP contribution in [0.25, 0.3) is 0 Å².